The molecule has 1 heterocycles. The largest absolute Gasteiger partial charge is 0.464 e. The van der Waals surface area contributed by atoms with Gasteiger partial charge < -0.3 is 14.6 Å². The lowest BCUT2D eigenvalue weighted by Gasteiger charge is -2.11. The minimum absolute atomic E-state index is 0.225. The van der Waals surface area contributed by atoms with E-state index in [1.54, 1.807) is 17.8 Å². The number of carbonyl (C=O) groups is 1. The van der Waals surface area contributed by atoms with Crippen LogP contribution in [0.15, 0.2) is 12.5 Å². The van der Waals surface area contributed by atoms with Crippen LogP contribution >= 0.6 is 0 Å². The van der Waals surface area contributed by atoms with E-state index in [1.807, 2.05) is 13.1 Å². The molecular weight excluding hydrogens is 230 g/mol. The summed E-state index contributed by atoms with van der Waals surface area (Å²) in [4.78, 5) is 15.8. The fraction of sp³-hybridized carbons (Fsp3) is 0.692. The molecule has 0 fully saturated rings. The van der Waals surface area contributed by atoms with Gasteiger partial charge in [0.1, 0.15) is 6.04 Å². The lowest BCUT2D eigenvalue weighted by molar-refractivity contribution is -0.146. The average Bonchev–Trinajstić information content (AvgIpc) is 2.76. The summed E-state index contributed by atoms with van der Waals surface area (Å²) in [6.07, 6.45) is 3.56. The molecule has 0 aromatic carbocycles. The van der Waals surface area contributed by atoms with Crippen molar-refractivity contribution in [3.63, 3.8) is 0 Å². The Morgan fingerprint density at radius 2 is 2.22 bits per heavy atom. The summed E-state index contributed by atoms with van der Waals surface area (Å²) in [5.41, 5.74) is 0.937. The van der Waals surface area contributed by atoms with Gasteiger partial charge in [0, 0.05) is 12.7 Å². The SMILES string of the molecule is CCOC(=O)C(C)n1cnc(CNCC(C)C)c1. The number of nitrogens with one attached hydrogen (secondary N) is 1. The molecule has 1 rings (SSSR count). The van der Waals surface area contributed by atoms with Gasteiger partial charge in [0.05, 0.1) is 18.6 Å². The molecule has 0 aliphatic rings. The summed E-state index contributed by atoms with van der Waals surface area (Å²) in [7, 11) is 0. The van der Waals surface area contributed by atoms with Crippen LogP contribution in [0.3, 0.4) is 0 Å². The number of imidazole rings is 1. The van der Waals surface area contributed by atoms with Crippen molar-refractivity contribution in [3.05, 3.63) is 18.2 Å². The molecule has 5 nitrogen and oxygen atoms in total. The van der Waals surface area contributed by atoms with Crippen molar-refractivity contribution in [2.45, 2.75) is 40.3 Å². The third-order valence-corrected chi connectivity index (χ3v) is 2.59. The Bertz CT molecular complexity index is 374. The summed E-state index contributed by atoms with van der Waals surface area (Å²) >= 11 is 0. The lowest BCUT2D eigenvalue weighted by Crippen LogP contribution is -2.19. The van der Waals surface area contributed by atoms with Gasteiger partial charge in [-0.05, 0) is 26.3 Å². The van der Waals surface area contributed by atoms with E-state index < -0.39 is 0 Å². The number of nitrogens with zero attached hydrogens (tertiary/aromatic N) is 2. The molecule has 18 heavy (non-hydrogen) atoms. The number of ether oxygens (including phenoxy) is 1. The molecule has 0 spiro atoms. The van der Waals surface area contributed by atoms with Gasteiger partial charge in [0.2, 0.25) is 0 Å². The first-order chi connectivity index (χ1) is 8.54. The van der Waals surface area contributed by atoms with Crippen LogP contribution in [-0.4, -0.2) is 28.7 Å². The van der Waals surface area contributed by atoms with Crippen LogP contribution in [0.4, 0.5) is 0 Å². The highest BCUT2D eigenvalue weighted by Gasteiger charge is 2.15. The maximum atomic E-state index is 11.6. The Morgan fingerprint density at radius 1 is 1.50 bits per heavy atom. The number of rotatable bonds is 7. The van der Waals surface area contributed by atoms with Gasteiger partial charge in [-0.15, -0.1) is 0 Å². The second-order valence-electron chi connectivity index (χ2n) is 4.76. The Balaban J connectivity index is 2.49. The molecule has 102 valence electrons. The van der Waals surface area contributed by atoms with Crippen LogP contribution in [0.5, 0.6) is 0 Å². The van der Waals surface area contributed by atoms with Crippen LogP contribution in [0.1, 0.15) is 39.4 Å². The van der Waals surface area contributed by atoms with Crippen molar-refractivity contribution < 1.29 is 9.53 Å². The fourth-order valence-electron chi connectivity index (χ4n) is 1.56. The number of esters is 1. The Morgan fingerprint density at radius 3 is 2.83 bits per heavy atom. The van der Waals surface area contributed by atoms with E-state index >= 15 is 0 Å². The highest BCUT2D eigenvalue weighted by atomic mass is 16.5. The standard InChI is InChI=1S/C13H23N3O2/c1-5-18-13(17)11(4)16-8-12(15-9-16)7-14-6-10(2)3/h8-11,14H,5-7H2,1-4H3. The first-order valence-corrected chi connectivity index (χ1v) is 6.44. The molecule has 0 radical (unpaired) electrons. The maximum absolute atomic E-state index is 11.6. The zero-order chi connectivity index (χ0) is 13.5. The molecule has 1 aromatic heterocycles. The zero-order valence-corrected chi connectivity index (χ0v) is 11.6. The summed E-state index contributed by atoms with van der Waals surface area (Å²) in [6, 6.07) is -0.323. The van der Waals surface area contributed by atoms with Gasteiger partial charge in [-0.2, -0.15) is 0 Å². The molecule has 1 unspecified atom stereocenters. The molecule has 1 aromatic rings. The number of hydrogen-bond acceptors (Lipinski definition) is 4. The molecule has 0 aliphatic carbocycles. The van der Waals surface area contributed by atoms with Gasteiger partial charge in [0.15, 0.2) is 0 Å². The van der Waals surface area contributed by atoms with Crippen molar-refractivity contribution in [1.29, 1.82) is 0 Å². The van der Waals surface area contributed by atoms with Crippen molar-refractivity contribution >= 4 is 5.97 Å². The van der Waals surface area contributed by atoms with Crippen LogP contribution in [0, 0.1) is 5.92 Å². The van der Waals surface area contributed by atoms with Crippen molar-refractivity contribution in [1.82, 2.24) is 14.9 Å². The Labute approximate surface area is 109 Å². The third kappa shape index (κ3) is 4.49. The topological polar surface area (TPSA) is 56.2 Å². The minimum Gasteiger partial charge on any atom is -0.464 e. The van der Waals surface area contributed by atoms with Crippen molar-refractivity contribution in [2.24, 2.45) is 5.92 Å². The Kier molecular flexibility index (Phi) is 5.85. The molecule has 0 bridgehead atoms. The highest BCUT2D eigenvalue weighted by Crippen LogP contribution is 2.09. The highest BCUT2D eigenvalue weighted by molar-refractivity contribution is 5.73. The predicted molar refractivity (Wildman–Crippen MR) is 70.1 cm³/mol. The van der Waals surface area contributed by atoms with Crippen LogP contribution in [0.25, 0.3) is 0 Å². The molecule has 5 heteroatoms. The van der Waals surface area contributed by atoms with Crippen molar-refractivity contribution in [3.8, 4) is 0 Å². The smallest absolute Gasteiger partial charge is 0.328 e. The van der Waals surface area contributed by atoms with Crippen LogP contribution < -0.4 is 5.32 Å². The predicted octanol–water partition coefficient (Wildman–Crippen LogP) is 1.75. The first kappa shape index (κ1) is 14.7. The van der Waals surface area contributed by atoms with E-state index in [0.29, 0.717) is 12.5 Å². The normalized spacial score (nSPS) is 12.7. The summed E-state index contributed by atoms with van der Waals surface area (Å²) in [5, 5.41) is 3.32. The van der Waals surface area contributed by atoms with E-state index in [0.717, 1.165) is 18.8 Å². The van der Waals surface area contributed by atoms with E-state index in [1.165, 1.54) is 0 Å². The zero-order valence-electron chi connectivity index (χ0n) is 11.6. The van der Waals surface area contributed by atoms with E-state index in [9.17, 15) is 4.79 Å². The van der Waals surface area contributed by atoms with Crippen LogP contribution in [-0.2, 0) is 16.1 Å². The van der Waals surface area contributed by atoms with Crippen molar-refractivity contribution in [2.75, 3.05) is 13.2 Å². The summed E-state index contributed by atoms with van der Waals surface area (Å²) in [6.45, 7) is 10.0. The fourth-order valence-corrected chi connectivity index (χ4v) is 1.56. The second kappa shape index (κ2) is 7.16. The average molecular weight is 253 g/mol. The molecule has 0 saturated heterocycles. The molecular formula is C13H23N3O2. The van der Waals surface area contributed by atoms with Crippen LogP contribution in [0.2, 0.25) is 0 Å². The molecule has 0 amide bonds. The monoisotopic (exact) mass is 253 g/mol. The maximum Gasteiger partial charge on any atom is 0.328 e. The minimum atomic E-state index is -0.323. The van der Waals surface area contributed by atoms with E-state index in [-0.39, 0.29) is 12.0 Å². The Hall–Kier alpha value is -1.36. The number of aromatic nitrogens is 2. The quantitative estimate of drug-likeness (QED) is 0.752. The van der Waals surface area contributed by atoms with Gasteiger partial charge in [-0.25, -0.2) is 9.78 Å². The van der Waals surface area contributed by atoms with Gasteiger partial charge in [-0.1, -0.05) is 13.8 Å². The van der Waals surface area contributed by atoms with E-state index in [4.69, 9.17) is 4.74 Å². The van der Waals surface area contributed by atoms with Gasteiger partial charge in [-0.3, -0.25) is 0 Å². The molecule has 0 aliphatic heterocycles. The number of hydrogen-bond donors (Lipinski definition) is 1. The summed E-state index contributed by atoms with van der Waals surface area (Å²) < 4.78 is 6.76. The lowest BCUT2D eigenvalue weighted by atomic mass is 10.2. The van der Waals surface area contributed by atoms with Gasteiger partial charge in [0.25, 0.3) is 0 Å². The summed E-state index contributed by atoms with van der Waals surface area (Å²) in [5.74, 6) is 0.391. The van der Waals surface area contributed by atoms with Gasteiger partial charge >= 0.3 is 5.97 Å². The molecule has 1 N–H and O–H groups in total. The molecule has 1 atom stereocenters. The second-order valence-corrected chi connectivity index (χ2v) is 4.76. The number of carbonyl (C=O) groups excluding carboxylic acids is 1. The third-order valence-electron chi connectivity index (χ3n) is 2.59. The molecule has 0 saturated carbocycles. The van der Waals surface area contributed by atoms with E-state index in [2.05, 4.69) is 24.1 Å². The first-order valence-electron chi connectivity index (χ1n) is 6.44.